The number of hydrogen-bond acceptors (Lipinski definition) is 0. The SMILES string of the molecule is [Al+3].[Al+3].[Co+2].[Co+2].[Mn+2].[Mn+2].[O-2].[O-2].[O-2].[O-2].[O-2].[O-2].[O-2]. The third kappa shape index (κ3) is 304. The van der Waals surface area contributed by atoms with Crippen molar-refractivity contribution in [2.45, 2.75) is 0 Å². The average molecular weight is 394 g/mol. The first-order chi connectivity index (χ1) is 0. The molecule has 0 aliphatic rings. The molecule has 0 N–H and O–H groups in total. The quantitative estimate of drug-likeness (QED) is 0.427. The Bertz CT molecular complexity index is 22.5. The van der Waals surface area contributed by atoms with Gasteiger partial charge in [0, 0.05) is 0 Å². The predicted molar refractivity (Wildman–Crippen MR) is 16.3 cm³/mol. The molecule has 0 heterocycles. The zero-order valence-corrected chi connectivity index (χ0v) is 12.2. The maximum absolute atomic E-state index is 0. The van der Waals surface area contributed by atoms with Crippen LogP contribution in [0.4, 0.5) is 0 Å². The van der Waals surface area contributed by atoms with Gasteiger partial charge in [-0.05, 0) is 0 Å². The van der Waals surface area contributed by atoms with Crippen molar-refractivity contribution >= 4 is 34.7 Å². The first-order valence-corrected chi connectivity index (χ1v) is 0. The Kier molecular flexibility index (Phi) is 11800. The third-order valence-electron chi connectivity index (χ3n) is 0. The van der Waals surface area contributed by atoms with E-state index in [-0.39, 0.29) is 141 Å². The first-order valence-electron chi connectivity index (χ1n) is 0. The van der Waals surface area contributed by atoms with Crippen molar-refractivity contribution in [2.75, 3.05) is 0 Å². The molecule has 13 heteroatoms. The van der Waals surface area contributed by atoms with E-state index in [1.165, 1.54) is 0 Å². The Hall–Kier alpha value is 2.84. The summed E-state index contributed by atoms with van der Waals surface area (Å²) in [4.78, 5) is 0. The van der Waals surface area contributed by atoms with E-state index in [2.05, 4.69) is 0 Å². The van der Waals surface area contributed by atoms with Gasteiger partial charge in [-0.2, -0.15) is 0 Å². The molecule has 0 aromatic heterocycles. The Labute approximate surface area is 139 Å². The van der Waals surface area contributed by atoms with Gasteiger partial charge >= 0.3 is 102 Å². The van der Waals surface area contributed by atoms with Gasteiger partial charge in [0.25, 0.3) is 0 Å². The van der Waals surface area contributed by atoms with E-state index in [0.717, 1.165) is 0 Å². The molecule has 0 aliphatic carbocycles. The van der Waals surface area contributed by atoms with E-state index in [1.54, 1.807) is 0 Å². The second-order valence-electron chi connectivity index (χ2n) is 0. The number of hydrogen-bond donors (Lipinski definition) is 0. The van der Waals surface area contributed by atoms with Crippen LogP contribution in [0.3, 0.4) is 0 Å². The summed E-state index contributed by atoms with van der Waals surface area (Å²) >= 11 is 0. The van der Waals surface area contributed by atoms with Crippen LogP contribution in [0.25, 0.3) is 0 Å². The topological polar surface area (TPSA) is 200 Å². The van der Waals surface area contributed by atoms with Crippen molar-refractivity contribution < 1.29 is 106 Å². The maximum atomic E-state index is 0. The van der Waals surface area contributed by atoms with Crippen molar-refractivity contribution in [1.29, 1.82) is 0 Å². The van der Waals surface area contributed by atoms with Crippen LogP contribution in [0.15, 0.2) is 0 Å². The summed E-state index contributed by atoms with van der Waals surface area (Å²) in [7, 11) is 0. The molecule has 0 aromatic carbocycles. The van der Waals surface area contributed by atoms with Gasteiger partial charge in [-0.15, -0.1) is 0 Å². The molecule has 0 bridgehead atoms. The monoisotopic (exact) mass is 394 g/mol. The number of rotatable bonds is 0. The van der Waals surface area contributed by atoms with Crippen LogP contribution >= 0.6 is 0 Å². The zero-order chi connectivity index (χ0) is 0. The summed E-state index contributed by atoms with van der Waals surface area (Å²) < 4.78 is 0. The molecule has 0 spiro atoms. The summed E-state index contributed by atoms with van der Waals surface area (Å²) in [5.74, 6) is 0. The molecular weight excluding hydrogens is 394 g/mol. The summed E-state index contributed by atoms with van der Waals surface area (Å²) in [5.41, 5.74) is 0. The fourth-order valence-corrected chi connectivity index (χ4v) is 0. The van der Waals surface area contributed by atoms with Gasteiger partial charge in [0.05, 0.1) is 0 Å². The van der Waals surface area contributed by atoms with Gasteiger partial charge in [-0.3, -0.25) is 0 Å². The second-order valence-corrected chi connectivity index (χ2v) is 0. The van der Waals surface area contributed by atoms with Crippen LogP contribution < -0.4 is 0 Å². The summed E-state index contributed by atoms with van der Waals surface area (Å²) in [6.45, 7) is 0. The Balaban J connectivity index is 0. The maximum Gasteiger partial charge on any atom is 3.00 e. The minimum Gasteiger partial charge on any atom is -2.00 e. The van der Waals surface area contributed by atoms with Gasteiger partial charge < -0.3 is 38.3 Å². The second kappa shape index (κ2) is 353. The molecule has 7 nitrogen and oxygen atoms in total. The van der Waals surface area contributed by atoms with Gasteiger partial charge in [0.2, 0.25) is 0 Å². The molecule has 0 rings (SSSR count). The van der Waals surface area contributed by atoms with Crippen molar-refractivity contribution in [3.63, 3.8) is 0 Å². The standard InChI is InChI=1S/2Al.2Co.2Mn.7O/q2*+3;4*+2;7*-2. The molecule has 13 heavy (non-hydrogen) atoms. The van der Waals surface area contributed by atoms with E-state index in [1.807, 2.05) is 0 Å². The van der Waals surface area contributed by atoms with Crippen molar-refractivity contribution in [3.05, 3.63) is 0 Å². The van der Waals surface area contributed by atoms with E-state index in [9.17, 15) is 0 Å². The van der Waals surface area contributed by atoms with Gasteiger partial charge in [0.15, 0.2) is 0 Å². The molecule has 0 amide bonds. The molecule has 0 atom stereocenters. The Morgan fingerprint density at radius 2 is 0.308 bits per heavy atom. The predicted octanol–water partition coefficient (Wildman–Crippen LogP) is -1.60. The van der Waals surface area contributed by atoms with Crippen LogP contribution in [0.1, 0.15) is 0 Å². The van der Waals surface area contributed by atoms with Crippen LogP contribution in [0.5, 0.6) is 0 Å². The van der Waals surface area contributed by atoms with Crippen LogP contribution in [0.2, 0.25) is 0 Å². The zero-order valence-electron chi connectivity index (χ0n) is 5.44. The van der Waals surface area contributed by atoms with Crippen molar-refractivity contribution in [1.82, 2.24) is 0 Å². The Morgan fingerprint density at radius 1 is 0.308 bits per heavy atom. The summed E-state index contributed by atoms with van der Waals surface area (Å²) in [6, 6.07) is 0. The van der Waals surface area contributed by atoms with E-state index in [0.29, 0.717) is 0 Å². The van der Waals surface area contributed by atoms with Crippen LogP contribution in [-0.2, 0) is 106 Å². The summed E-state index contributed by atoms with van der Waals surface area (Å²) in [6.07, 6.45) is 0. The Morgan fingerprint density at radius 3 is 0.308 bits per heavy atom. The van der Waals surface area contributed by atoms with Crippen LogP contribution in [-0.4, -0.2) is 34.7 Å². The van der Waals surface area contributed by atoms with E-state index in [4.69, 9.17) is 0 Å². The van der Waals surface area contributed by atoms with Gasteiger partial charge in [0.1, 0.15) is 0 Å². The molecule has 0 saturated carbocycles. The smallest absolute Gasteiger partial charge is 2.00 e. The molecule has 80 valence electrons. The minimum absolute atomic E-state index is 0. The molecule has 0 saturated heterocycles. The normalized spacial score (nSPS) is 0. The fourth-order valence-electron chi connectivity index (χ4n) is 0. The van der Waals surface area contributed by atoms with E-state index >= 15 is 0 Å². The average Bonchev–Trinajstić information content (AvgIpc) is 0. The van der Waals surface area contributed by atoms with E-state index < -0.39 is 0 Å². The largest absolute Gasteiger partial charge is 3.00 e. The fraction of sp³-hybridized carbons (Fsp3) is 0. The van der Waals surface area contributed by atoms with Gasteiger partial charge in [-0.25, -0.2) is 0 Å². The first kappa shape index (κ1) is 433. The van der Waals surface area contributed by atoms with Crippen molar-refractivity contribution in [3.8, 4) is 0 Å². The molecule has 0 fully saturated rings. The molecule has 0 unspecified atom stereocenters. The summed E-state index contributed by atoms with van der Waals surface area (Å²) in [5, 5.41) is 0. The molecular formula is Al2Co2Mn2O7. The molecule has 0 aromatic rings. The molecule has 0 aliphatic heterocycles. The van der Waals surface area contributed by atoms with Gasteiger partial charge in [-0.1, -0.05) is 0 Å². The third-order valence-corrected chi connectivity index (χ3v) is 0. The molecule has 4 radical (unpaired) electrons. The van der Waals surface area contributed by atoms with Crippen LogP contribution in [0, 0.1) is 0 Å². The minimum atomic E-state index is 0. The van der Waals surface area contributed by atoms with Crippen molar-refractivity contribution in [2.24, 2.45) is 0 Å².